The summed E-state index contributed by atoms with van der Waals surface area (Å²) in [4.78, 5) is 32.6. The van der Waals surface area contributed by atoms with Crippen molar-refractivity contribution in [3.63, 3.8) is 0 Å². The molecule has 15 heavy (non-hydrogen) atoms. The van der Waals surface area contributed by atoms with E-state index in [9.17, 15) is 14.4 Å². The molecule has 84 valence electrons. The van der Waals surface area contributed by atoms with E-state index in [1.807, 2.05) is 0 Å². The van der Waals surface area contributed by atoms with Crippen molar-refractivity contribution in [3.8, 4) is 0 Å². The number of hydrogen-bond acceptors (Lipinski definition) is 4. The van der Waals surface area contributed by atoms with Crippen LogP contribution in [-0.2, 0) is 19.1 Å². The van der Waals surface area contributed by atoms with Crippen LogP contribution in [0.25, 0.3) is 0 Å². The SMILES string of the molecule is CC1(C(=O)OC=O)CCCCC1C(=O)O. The minimum Gasteiger partial charge on any atom is -0.481 e. The van der Waals surface area contributed by atoms with E-state index in [4.69, 9.17) is 5.11 Å². The molecule has 1 rings (SSSR count). The molecule has 0 saturated heterocycles. The van der Waals surface area contributed by atoms with Crippen LogP contribution in [0.2, 0.25) is 0 Å². The van der Waals surface area contributed by atoms with Crippen LogP contribution in [0.5, 0.6) is 0 Å². The number of carboxylic acids is 1. The highest BCUT2D eigenvalue weighted by molar-refractivity contribution is 5.87. The summed E-state index contributed by atoms with van der Waals surface area (Å²) in [5.74, 6) is -2.48. The van der Waals surface area contributed by atoms with E-state index < -0.39 is 23.3 Å². The standard InChI is InChI=1S/C10H14O5/c1-10(9(14)15-6-11)5-3-2-4-7(10)8(12)13/h6-7H,2-5H2,1H3,(H,12,13). The molecule has 2 unspecified atom stereocenters. The lowest BCUT2D eigenvalue weighted by Gasteiger charge is -2.35. The lowest BCUT2D eigenvalue weighted by atomic mass is 9.67. The maximum absolute atomic E-state index is 11.5. The van der Waals surface area contributed by atoms with E-state index in [0.29, 0.717) is 12.8 Å². The molecule has 0 heterocycles. The van der Waals surface area contributed by atoms with Crippen molar-refractivity contribution in [2.24, 2.45) is 11.3 Å². The van der Waals surface area contributed by atoms with Gasteiger partial charge in [0.2, 0.25) is 0 Å². The van der Waals surface area contributed by atoms with Crippen LogP contribution in [-0.4, -0.2) is 23.5 Å². The fourth-order valence-electron chi connectivity index (χ4n) is 2.15. The van der Waals surface area contributed by atoms with Crippen molar-refractivity contribution in [3.05, 3.63) is 0 Å². The number of ether oxygens (including phenoxy) is 1. The molecule has 5 nitrogen and oxygen atoms in total. The molecule has 0 aromatic rings. The summed E-state index contributed by atoms with van der Waals surface area (Å²) in [6.07, 6.45) is 2.49. The van der Waals surface area contributed by atoms with Crippen molar-refractivity contribution in [2.75, 3.05) is 0 Å². The Morgan fingerprint density at radius 2 is 2.13 bits per heavy atom. The molecule has 5 heteroatoms. The topological polar surface area (TPSA) is 80.7 Å². The van der Waals surface area contributed by atoms with Gasteiger partial charge in [0.25, 0.3) is 0 Å². The Morgan fingerprint density at radius 3 is 2.67 bits per heavy atom. The van der Waals surface area contributed by atoms with Gasteiger partial charge in [-0.25, -0.2) is 0 Å². The van der Waals surface area contributed by atoms with Crippen molar-refractivity contribution < 1.29 is 24.2 Å². The van der Waals surface area contributed by atoms with E-state index in [1.165, 1.54) is 0 Å². The van der Waals surface area contributed by atoms with Gasteiger partial charge in [0.1, 0.15) is 0 Å². The molecular formula is C10H14O5. The Labute approximate surface area is 87.4 Å². The average molecular weight is 214 g/mol. The van der Waals surface area contributed by atoms with E-state index in [2.05, 4.69) is 4.74 Å². The zero-order valence-corrected chi connectivity index (χ0v) is 8.56. The molecule has 2 atom stereocenters. The molecule has 1 saturated carbocycles. The van der Waals surface area contributed by atoms with Gasteiger partial charge in [0, 0.05) is 0 Å². The average Bonchev–Trinajstić information content (AvgIpc) is 2.18. The summed E-state index contributed by atoms with van der Waals surface area (Å²) in [6, 6.07) is 0. The summed E-state index contributed by atoms with van der Waals surface area (Å²) in [5, 5.41) is 8.99. The van der Waals surface area contributed by atoms with Crippen molar-refractivity contribution in [1.82, 2.24) is 0 Å². The zero-order valence-electron chi connectivity index (χ0n) is 8.56. The predicted molar refractivity (Wildman–Crippen MR) is 49.9 cm³/mol. The van der Waals surface area contributed by atoms with E-state index >= 15 is 0 Å². The van der Waals surface area contributed by atoms with Gasteiger partial charge in [-0.1, -0.05) is 12.8 Å². The van der Waals surface area contributed by atoms with Gasteiger partial charge in [-0.3, -0.25) is 14.4 Å². The Morgan fingerprint density at radius 1 is 1.47 bits per heavy atom. The maximum Gasteiger partial charge on any atom is 0.320 e. The first-order valence-corrected chi connectivity index (χ1v) is 4.90. The molecule has 0 spiro atoms. The third kappa shape index (κ3) is 2.16. The first kappa shape index (κ1) is 11.7. The summed E-state index contributed by atoms with van der Waals surface area (Å²) < 4.78 is 4.28. The molecule has 0 aromatic heterocycles. The maximum atomic E-state index is 11.5. The Balaban J connectivity index is 2.89. The third-order valence-electron chi connectivity index (χ3n) is 3.13. The van der Waals surface area contributed by atoms with Gasteiger partial charge in [0.05, 0.1) is 11.3 Å². The molecule has 0 aliphatic heterocycles. The molecule has 1 aliphatic rings. The van der Waals surface area contributed by atoms with Crippen LogP contribution in [0.15, 0.2) is 0 Å². The fraction of sp³-hybridized carbons (Fsp3) is 0.700. The van der Waals surface area contributed by atoms with Crippen LogP contribution >= 0.6 is 0 Å². The number of aliphatic carboxylic acids is 1. The second kappa shape index (κ2) is 4.42. The molecule has 1 N–H and O–H groups in total. The van der Waals surface area contributed by atoms with Gasteiger partial charge in [0.15, 0.2) is 0 Å². The lowest BCUT2D eigenvalue weighted by molar-refractivity contribution is -0.170. The molecule has 1 aliphatic carbocycles. The monoisotopic (exact) mass is 214 g/mol. The quantitative estimate of drug-likeness (QED) is 0.430. The van der Waals surface area contributed by atoms with Crippen LogP contribution in [0, 0.1) is 11.3 Å². The minimum absolute atomic E-state index is 0.0566. The third-order valence-corrected chi connectivity index (χ3v) is 3.13. The predicted octanol–water partition coefficient (Wildman–Crippen LogP) is 0.967. The largest absolute Gasteiger partial charge is 0.481 e. The van der Waals surface area contributed by atoms with Crippen LogP contribution < -0.4 is 0 Å². The van der Waals surface area contributed by atoms with Crippen molar-refractivity contribution in [1.29, 1.82) is 0 Å². The van der Waals surface area contributed by atoms with Gasteiger partial charge >= 0.3 is 18.4 Å². The number of esters is 1. The second-order valence-corrected chi connectivity index (χ2v) is 4.06. The molecule has 0 bridgehead atoms. The van der Waals surface area contributed by atoms with Crippen LogP contribution in [0.4, 0.5) is 0 Å². The second-order valence-electron chi connectivity index (χ2n) is 4.06. The van der Waals surface area contributed by atoms with Crippen LogP contribution in [0.3, 0.4) is 0 Å². The van der Waals surface area contributed by atoms with Gasteiger partial charge < -0.3 is 9.84 Å². The zero-order chi connectivity index (χ0) is 11.5. The number of carbonyl (C=O) groups is 3. The summed E-state index contributed by atoms with van der Waals surface area (Å²) in [6.45, 7) is 1.61. The van der Waals surface area contributed by atoms with E-state index in [-0.39, 0.29) is 6.47 Å². The number of rotatable bonds is 3. The smallest absolute Gasteiger partial charge is 0.320 e. The highest BCUT2D eigenvalue weighted by atomic mass is 16.6. The summed E-state index contributed by atoms with van der Waals surface area (Å²) in [7, 11) is 0. The Bertz CT molecular complexity index is 286. The number of carbonyl (C=O) groups excluding carboxylic acids is 2. The first-order valence-electron chi connectivity index (χ1n) is 4.90. The summed E-state index contributed by atoms with van der Waals surface area (Å²) in [5.41, 5.74) is -1.06. The Hall–Kier alpha value is -1.39. The Kier molecular flexibility index (Phi) is 3.44. The van der Waals surface area contributed by atoms with Gasteiger partial charge in [-0.2, -0.15) is 0 Å². The molecule has 1 fully saturated rings. The molecule has 0 radical (unpaired) electrons. The lowest BCUT2D eigenvalue weighted by Crippen LogP contribution is -2.43. The summed E-state index contributed by atoms with van der Waals surface area (Å²) >= 11 is 0. The number of carboxylic acid groups (broad SMARTS) is 1. The molecule has 0 amide bonds. The van der Waals surface area contributed by atoms with Gasteiger partial charge in [-0.05, 0) is 19.8 Å². The van der Waals surface area contributed by atoms with E-state index in [1.54, 1.807) is 6.92 Å². The first-order chi connectivity index (χ1) is 7.02. The molecular weight excluding hydrogens is 200 g/mol. The highest BCUT2D eigenvalue weighted by Crippen LogP contribution is 2.42. The minimum atomic E-state index is -1.06. The fourth-order valence-corrected chi connectivity index (χ4v) is 2.15. The van der Waals surface area contributed by atoms with Crippen molar-refractivity contribution >= 4 is 18.4 Å². The van der Waals surface area contributed by atoms with Crippen LogP contribution in [0.1, 0.15) is 32.6 Å². The van der Waals surface area contributed by atoms with Crippen molar-refractivity contribution in [2.45, 2.75) is 32.6 Å². The number of hydrogen-bond donors (Lipinski definition) is 1. The normalized spacial score (nSPS) is 30.6. The van der Waals surface area contributed by atoms with Gasteiger partial charge in [-0.15, -0.1) is 0 Å². The highest BCUT2D eigenvalue weighted by Gasteiger charge is 2.48. The van der Waals surface area contributed by atoms with E-state index in [0.717, 1.165) is 12.8 Å². The molecule has 0 aromatic carbocycles.